The predicted octanol–water partition coefficient (Wildman–Crippen LogP) is 2.71. The summed E-state index contributed by atoms with van der Waals surface area (Å²) in [7, 11) is -0.527. The fourth-order valence-electron chi connectivity index (χ4n) is 2.41. The Kier molecular flexibility index (Phi) is 5.14. The Labute approximate surface area is 144 Å². The van der Waals surface area contributed by atoms with E-state index < -0.39 is 18.3 Å². The monoisotopic (exact) mass is 337 g/mol. The van der Waals surface area contributed by atoms with Crippen LogP contribution in [0.3, 0.4) is 0 Å². The van der Waals surface area contributed by atoms with Gasteiger partial charge in [0, 0.05) is 16.5 Å². The van der Waals surface area contributed by atoms with E-state index in [1.54, 1.807) is 6.07 Å². The van der Waals surface area contributed by atoms with E-state index in [-0.39, 0.29) is 11.9 Å². The minimum absolute atomic E-state index is 0.0119. The van der Waals surface area contributed by atoms with Crippen LogP contribution in [0.4, 0.5) is 0 Å². The number of halogens is 1. The molecule has 1 aromatic rings. The van der Waals surface area contributed by atoms with Crippen molar-refractivity contribution in [2.24, 2.45) is 0 Å². The third kappa shape index (κ3) is 4.08. The van der Waals surface area contributed by atoms with Crippen LogP contribution in [0.1, 0.15) is 47.1 Å². The Morgan fingerprint density at radius 1 is 1.22 bits per heavy atom. The van der Waals surface area contributed by atoms with Crippen LogP contribution in [0.2, 0.25) is 5.02 Å². The standard InChI is InChI=1S/C17H25BClNO3/c1-11(2)20-15(21)10-12-7-8-14(19)13(9-12)18-22-16(3,4)17(5,6)23-18/h7-9,11H,10H2,1-6H3,(H,20,21). The number of benzene rings is 1. The van der Waals surface area contributed by atoms with Gasteiger partial charge in [0.15, 0.2) is 0 Å². The molecule has 1 fully saturated rings. The second-order valence-corrected chi connectivity index (χ2v) is 7.75. The minimum Gasteiger partial charge on any atom is -0.399 e. The first-order chi connectivity index (χ1) is 10.5. The molecule has 1 aliphatic rings. The van der Waals surface area contributed by atoms with E-state index >= 15 is 0 Å². The van der Waals surface area contributed by atoms with Crippen molar-refractivity contribution < 1.29 is 14.1 Å². The van der Waals surface area contributed by atoms with Gasteiger partial charge in [-0.25, -0.2) is 0 Å². The number of carbonyl (C=O) groups excluding carboxylic acids is 1. The van der Waals surface area contributed by atoms with E-state index in [9.17, 15) is 4.79 Å². The zero-order valence-corrected chi connectivity index (χ0v) is 15.5. The number of carbonyl (C=O) groups is 1. The molecule has 0 aromatic heterocycles. The van der Waals surface area contributed by atoms with Crippen molar-refractivity contribution in [2.75, 3.05) is 0 Å². The molecule has 0 radical (unpaired) electrons. The molecule has 0 saturated carbocycles. The van der Waals surface area contributed by atoms with Crippen LogP contribution in [0.5, 0.6) is 0 Å². The lowest BCUT2D eigenvalue weighted by Crippen LogP contribution is -2.41. The first kappa shape index (κ1) is 18.3. The molecule has 1 aromatic carbocycles. The molecule has 6 heteroatoms. The molecule has 0 spiro atoms. The van der Waals surface area contributed by atoms with Crippen molar-refractivity contribution in [3.05, 3.63) is 28.8 Å². The number of hydrogen-bond donors (Lipinski definition) is 1. The summed E-state index contributed by atoms with van der Waals surface area (Å²) in [6.07, 6.45) is 0.307. The normalized spacial score (nSPS) is 19.2. The number of nitrogens with one attached hydrogen (secondary N) is 1. The van der Waals surface area contributed by atoms with Crippen LogP contribution in [0.25, 0.3) is 0 Å². The van der Waals surface area contributed by atoms with Crippen molar-refractivity contribution in [3.8, 4) is 0 Å². The van der Waals surface area contributed by atoms with Crippen LogP contribution in [-0.4, -0.2) is 30.3 Å². The van der Waals surface area contributed by atoms with Crippen LogP contribution in [0.15, 0.2) is 18.2 Å². The molecular formula is C17H25BClNO3. The number of rotatable bonds is 4. The van der Waals surface area contributed by atoms with E-state index in [0.717, 1.165) is 11.0 Å². The smallest absolute Gasteiger partial charge is 0.399 e. The summed E-state index contributed by atoms with van der Waals surface area (Å²) in [6, 6.07) is 5.67. The Morgan fingerprint density at radius 3 is 2.30 bits per heavy atom. The van der Waals surface area contributed by atoms with Gasteiger partial charge in [-0.2, -0.15) is 0 Å². The molecule has 126 valence electrons. The molecular weight excluding hydrogens is 312 g/mol. The maximum absolute atomic E-state index is 11.9. The second kappa shape index (κ2) is 6.46. The highest BCUT2D eigenvalue weighted by molar-refractivity contribution is 6.65. The van der Waals surface area contributed by atoms with E-state index in [4.69, 9.17) is 20.9 Å². The maximum atomic E-state index is 11.9. The molecule has 0 unspecified atom stereocenters. The highest BCUT2D eigenvalue weighted by Gasteiger charge is 2.52. The Bertz CT molecular complexity index is 586. The zero-order valence-electron chi connectivity index (χ0n) is 14.7. The molecule has 1 N–H and O–H groups in total. The summed E-state index contributed by atoms with van der Waals surface area (Å²) in [5.41, 5.74) is 0.801. The summed E-state index contributed by atoms with van der Waals surface area (Å²) < 4.78 is 12.1. The molecule has 1 aliphatic heterocycles. The summed E-state index contributed by atoms with van der Waals surface area (Å²) in [6.45, 7) is 11.9. The molecule has 23 heavy (non-hydrogen) atoms. The van der Waals surface area contributed by atoms with E-state index in [1.165, 1.54) is 0 Å². The zero-order chi connectivity index (χ0) is 17.4. The van der Waals surface area contributed by atoms with Crippen LogP contribution in [0, 0.1) is 0 Å². The van der Waals surface area contributed by atoms with Gasteiger partial charge in [0.2, 0.25) is 5.91 Å². The Morgan fingerprint density at radius 2 is 1.78 bits per heavy atom. The van der Waals surface area contributed by atoms with Crippen LogP contribution >= 0.6 is 11.6 Å². The lowest BCUT2D eigenvalue weighted by molar-refractivity contribution is -0.120. The quantitative estimate of drug-likeness (QED) is 0.859. The van der Waals surface area contributed by atoms with Gasteiger partial charge in [0.05, 0.1) is 17.6 Å². The van der Waals surface area contributed by atoms with Crippen molar-refractivity contribution in [2.45, 2.75) is 65.2 Å². The Balaban J connectivity index is 2.21. The van der Waals surface area contributed by atoms with E-state index in [0.29, 0.717) is 11.4 Å². The molecule has 1 amide bonds. The van der Waals surface area contributed by atoms with Crippen molar-refractivity contribution in [3.63, 3.8) is 0 Å². The summed E-state index contributed by atoms with van der Waals surface area (Å²) in [5, 5.41) is 3.47. The fourth-order valence-corrected chi connectivity index (χ4v) is 2.62. The molecule has 0 aliphatic carbocycles. The van der Waals surface area contributed by atoms with Crippen LogP contribution in [-0.2, 0) is 20.5 Å². The average Bonchev–Trinajstić information content (AvgIpc) is 2.59. The molecule has 0 bridgehead atoms. The Hall–Kier alpha value is -1.04. The lowest BCUT2D eigenvalue weighted by atomic mass is 9.78. The predicted molar refractivity (Wildman–Crippen MR) is 94.2 cm³/mol. The maximum Gasteiger partial charge on any atom is 0.496 e. The molecule has 4 nitrogen and oxygen atoms in total. The van der Waals surface area contributed by atoms with E-state index in [2.05, 4.69) is 5.32 Å². The molecule has 1 saturated heterocycles. The van der Waals surface area contributed by atoms with Gasteiger partial charge in [0.1, 0.15) is 0 Å². The number of amides is 1. The van der Waals surface area contributed by atoms with Gasteiger partial charge in [-0.1, -0.05) is 23.7 Å². The van der Waals surface area contributed by atoms with Crippen molar-refractivity contribution in [1.82, 2.24) is 5.32 Å². The summed E-state index contributed by atoms with van der Waals surface area (Å²) in [5.74, 6) is -0.0119. The molecule has 2 rings (SSSR count). The topological polar surface area (TPSA) is 47.6 Å². The SMILES string of the molecule is CC(C)NC(=O)Cc1ccc(Cl)c(B2OC(C)(C)C(C)(C)O2)c1. The second-order valence-electron chi connectivity index (χ2n) is 7.34. The van der Waals surface area contributed by atoms with Gasteiger partial charge in [0.25, 0.3) is 0 Å². The van der Waals surface area contributed by atoms with Gasteiger partial charge in [-0.3, -0.25) is 4.79 Å². The van der Waals surface area contributed by atoms with Gasteiger partial charge < -0.3 is 14.6 Å². The average molecular weight is 338 g/mol. The highest BCUT2D eigenvalue weighted by atomic mass is 35.5. The van der Waals surface area contributed by atoms with Crippen molar-refractivity contribution >= 4 is 30.1 Å². The largest absolute Gasteiger partial charge is 0.496 e. The minimum atomic E-state index is -0.527. The van der Waals surface area contributed by atoms with Crippen molar-refractivity contribution in [1.29, 1.82) is 0 Å². The number of hydrogen-bond acceptors (Lipinski definition) is 3. The molecule has 0 atom stereocenters. The van der Waals surface area contributed by atoms with Crippen LogP contribution < -0.4 is 10.8 Å². The third-order valence-corrected chi connectivity index (χ3v) is 4.73. The fraction of sp³-hybridized carbons (Fsp3) is 0.588. The lowest BCUT2D eigenvalue weighted by Gasteiger charge is -2.32. The molecule has 1 heterocycles. The summed E-state index contributed by atoms with van der Waals surface area (Å²) >= 11 is 6.32. The first-order valence-corrected chi connectivity index (χ1v) is 8.33. The van der Waals surface area contributed by atoms with E-state index in [1.807, 2.05) is 53.7 Å². The first-order valence-electron chi connectivity index (χ1n) is 7.95. The third-order valence-electron chi connectivity index (χ3n) is 4.38. The summed E-state index contributed by atoms with van der Waals surface area (Å²) in [4.78, 5) is 11.9. The van der Waals surface area contributed by atoms with Gasteiger partial charge >= 0.3 is 7.12 Å². The van der Waals surface area contributed by atoms with Gasteiger partial charge in [-0.15, -0.1) is 0 Å². The highest BCUT2D eigenvalue weighted by Crippen LogP contribution is 2.37. The van der Waals surface area contributed by atoms with Gasteiger partial charge in [-0.05, 0) is 53.2 Å².